The predicted molar refractivity (Wildman–Crippen MR) is 76.3 cm³/mol. The van der Waals surface area contributed by atoms with Gasteiger partial charge in [0.05, 0.1) is 0 Å². The summed E-state index contributed by atoms with van der Waals surface area (Å²) in [7, 11) is 0. The number of fused-ring (bicyclic) bond motifs is 1. The van der Waals surface area contributed by atoms with Crippen LogP contribution in [0.5, 0.6) is 0 Å². The Kier molecular flexibility index (Phi) is 3.37. The molecule has 1 aromatic carbocycles. The number of nitrogens with one attached hydrogen (secondary N) is 1. The molecule has 1 heterocycles. The summed E-state index contributed by atoms with van der Waals surface area (Å²) in [5.41, 5.74) is 8.08. The van der Waals surface area contributed by atoms with Gasteiger partial charge in [-0.2, -0.15) is 0 Å². The fraction of sp³-hybridized carbons (Fsp3) is 0.400. The van der Waals surface area contributed by atoms with Crippen LogP contribution in [0.25, 0.3) is 11.0 Å². The minimum atomic E-state index is -0.439. The van der Waals surface area contributed by atoms with Crippen LogP contribution >= 0.6 is 0 Å². The first kappa shape index (κ1) is 13.6. The van der Waals surface area contributed by atoms with E-state index in [4.69, 9.17) is 10.2 Å². The highest BCUT2D eigenvalue weighted by Crippen LogP contribution is 2.27. The Balaban J connectivity index is 2.33. The van der Waals surface area contributed by atoms with Gasteiger partial charge in [-0.15, -0.1) is 0 Å². The number of carbonyl (C=O) groups is 1. The lowest BCUT2D eigenvalue weighted by molar-refractivity contribution is 0.0919. The van der Waals surface area contributed by atoms with E-state index in [1.807, 2.05) is 45.9 Å². The van der Waals surface area contributed by atoms with Crippen LogP contribution in [0.15, 0.2) is 22.6 Å². The van der Waals surface area contributed by atoms with E-state index in [2.05, 4.69) is 5.32 Å². The maximum Gasteiger partial charge on any atom is 0.287 e. The number of nitrogens with two attached hydrogens (primary N) is 1. The molecule has 4 heteroatoms. The van der Waals surface area contributed by atoms with Crippen molar-refractivity contribution in [3.05, 3.63) is 35.1 Å². The van der Waals surface area contributed by atoms with Gasteiger partial charge in [0.1, 0.15) is 5.58 Å². The summed E-state index contributed by atoms with van der Waals surface area (Å²) in [5.74, 6) is 0.153. The van der Waals surface area contributed by atoms with Gasteiger partial charge in [0.15, 0.2) is 5.76 Å². The Morgan fingerprint density at radius 2 is 2.05 bits per heavy atom. The summed E-state index contributed by atoms with van der Waals surface area (Å²) in [6.45, 7) is 8.00. The summed E-state index contributed by atoms with van der Waals surface area (Å²) in [6, 6.07) is 5.89. The second-order valence-electron chi connectivity index (χ2n) is 5.68. The van der Waals surface area contributed by atoms with Gasteiger partial charge >= 0.3 is 0 Å². The Hall–Kier alpha value is -1.81. The van der Waals surface area contributed by atoms with E-state index in [1.165, 1.54) is 0 Å². The van der Waals surface area contributed by atoms with Crippen LogP contribution in [0, 0.1) is 13.8 Å². The lowest BCUT2D eigenvalue weighted by Crippen LogP contribution is -2.45. The summed E-state index contributed by atoms with van der Waals surface area (Å²) < 4.78 is 5.70. The second-order valence-corrected chi connectivity index (χ2v) is 5.68. The Bertz CT molecular complexity index is 621. The van der Waals surface area contributed by atoms with Crippen molar-refractivity contribution in [2.45, 2.75) is 33.2 Å². The summed E-state index contributed by atoms with van der Waals surface area (Å²) in [5, 5.41) is 3.79. The van der Waals surface area contributed by atoms with Gasteiger partial charge in [-0.05, 0) is 33.3 Å². The van der Waals surface area contributed by atoms with Crippen LogP contribution in [0.4, 0.5) is 0 Å². The van der Waals surface area contributed by atoms with Crippen molar-refractivity contribution >= 4 is 16.9 Å². The maximum atomic E-state index is 12.1. The molecule has 0 aliphatic heterocycles. The van der Waals surface area contributed by atoms with Crippen LogP contribution < -0.4 is 11.1 Å². The van der Waals surface area contributed by atoms with Crippen molar-refractivity contribution in [3.63, 3.8) is 0 Å². The zero-order chi connectivity index (χ0) is 14.2. The molecular formula is C15H20N2O2. The van der Waals surface area contributed by atoms with Gasteiger partial charge in [-0.1, -0.05) is 18.2 Å². The largest absolute Gasteiger partial charge is 0.450 e. The number of para-hydroxylation sites is 1. The van der Waals surface area contributed by atoms with Gasteiger partial charge in [0.25, 0.3) is 5.91 Å². The molecule has 2 rings (SSSR count). The molecule has 0 bridgehead atoms. The molecule has 0 atom stereocenters. The number of benzene rings is 1. The average Bonchev–Trinajstić information content (AvgIpc) is 2.65. The maximum absolute atomic E-state index is 12.1. The summed E-state index contributed by atoms with van der Waals surface area (Å²) >= 11 is 0. The van der Waals surface area contributed by atoms with Crippen molar-refractivity contribution in [1.29, 1.82) is 0 Å². The van der Waals surface area contributed by atoms with E-state index in [9.17, 15) is 4.79 Å². The number of furan rings is 1. The number of hydrogen-bond donors (Lipinski definition) is 2. The van der Waals surface area contributed by atoms with Gasteiger partial charge in [0, 0.05) is 23.0 Å². The fourth-order valence-electron chi connectivity index (χ4n) is 1.99. The van der Waals surface area contributed by atoms with E-state index in [0.717, 1.165) is 22.1 Å². The standard InChI is InChI=1S/C15H20N2O2/c1-9-6-5-7-11-10(2)13(19-12(9)11)14(18)17-8-15(3,4)16/h5-7H,8,16H2,1-4H3,(H,17,18). The van der Waals surface area contributed by atoms with Crippen LogP contribution in [0.3, 0.4) is 0 Å². The lowest BCUT2D eigenvalue weighted by atomic mass is 10.1. The third-order valence-electron chi connectivity index (χ3n) is 3.07. The van der Waals surface area contributed by atoms with Crippen molar-refractivity contribution in [2.75, 3.05) is 6.54 Å². The first-order valence-electron chi connectivity index (χ1n) is 6.35. The van der Waals surface area contributed by atoms with E-state index in [1.54, 1.807) is 0 Å². The van der Waals surface area contributed by atoms with Crippen molar-refractivity contribution in [1.82, 2.24) is 5.32 Å². The molecule has 1 aromatic heterocycles. The van der Waals surface area contributed by atoms with Crippen LogP contribution in [0.2, 0.25) is 0 Å². The normalized spacial score (nSPS) is 11.8. The van der Waals surface area contributed by atoms with E-state index >= 15 is 0 Å². The highest BCUT2D eigenvalue weighted by atomic mass is 16.3. The molecule has 2 aromatic rings. The first-order valence-corrected chi connectivity index (χ1v) is 6.35. The number of amides is 1. The number of hydrogen-bond acceptors (Lipinski definition) is 3. The molecule has 0 aliphatic carbocycles. The Morgan fingerprint density at radius 1 is 1.37 bits per heavy atom. The molecule has 0 aliphatic rings. The SMILES string of the molecule is Cc1c(C(=O)NCC(C)(C)N)oc2c(C)cccc12. The van der Waals surface area contributed by atoms with E-state index in [-0.39, 0.29) is 5.91 Å². The molecule has 4 nitrogen and oxygen atoms in total. The Morgan fingerprint density at radius 3 is 2.63 bits per heavy atom. The molecular weight excluding hydrogens is 240 g/mol. The molecule has 0 fully saturated rings. The number of carbonyl (C=O) groups excluding carboxylic acids is 1. The third-order valence-corrected chi connectivity index (χ3v) is 3.07. The smallest absolute Gasteiger partial charge is 0.287 e. The molecule has 0 spiro atoms. The van der Waals surface area contributed by atoms with Crippen LogP contribution in [-0.4, -0.2) is 18.0 Å². The zero-order valence-electron chi connectivity index (χ0n) is 11.8. The fourth-order valence-corrected chi connectivity index (χ4v) is 1.99. The van der Waals surface area contributed by atoms with Gasteiger partial charge in [0.2, 0.25) is 0 Å². The molecule has 0 radical (unpaired) electrons. The van der Waals surface area contributed by atoms with E-state index < -0.39 is 5.54 Å². The summed E-state index contributed by atoms with van der Waals surface area (Å²) in [6.07, 6.45) is 0. The minimum absolute atomic E-state index is 0.216. The molecule has 0 saturated carbocycles. The monoisotopic (exact) mass is 260 g/mol. The van der Waals surface area contributed by atoms with Crippen LogP contribution in [0.1, 0.15) is 35.5 Å². The summed E-state index contributed by atoms with van der Waals surface area (Å²) in [4.78, 5) is 12.1. The quantitative estimate of drug-likeness (QED) is 0.891. The third kappa shape index (κ3) is 2.79. The molecule has 0 saturated heterocycles. The van der Waals surface area contributed by atoms with Crippen molar-refractivity contribution in [3.8, 4) is 0 Å². The second kappa shape index (κ2) is 4.70. The zero-order valence-corrected chi connectivity index (χ0v) is 11.8. The predicted octanol–water partition coefficient (Wildman–Crippen LogP) is 2.52. The first-order chi connectivity index (χ1) is 8.79. The van der Waals surface area contributed by atoms with Crippen molar-refractivity contribution in [2.24, 2.45) is 5.73 Å². The highest BCUT2D eigenvalue weighted by molar-refractivity contribution is 5.99. The average molecular weight is 260 g/mol. The van der Waals surface area contributed by atoms with Crippen molar-refractivity contribution < 1.29 is 9.21 Å². The Labute approximate surface area is 113 Å². The molecule has 19 heavy (non-hydrogen) atoms. The highest BCUT2D eigenvalue weighted by Gasteiger charge is 2.20. The van der Waals surface area contributed by atoms with Gasteiger partial charge < -0.3 is 15.5 Å². The van der Waals surface area contributed by atoms with Gasteiger partial charge in [-0.3, -0.25) is 4.79 Å². The molecule has 0 unspecified atom stereocenters. The molecule has 1 amide bonds. The van der Waals surface area contributed by atoms with Crippen LogP contribution in [-0.2, 0) is 0 Å². The minimum Gasteiger partial charge on any atom is -0.450 e. The lowest BCUT2D eigenvalue weighted by Gasteiger charge is -2.18. The molecule has 3 N–H and O–H groups in total. The van der Waals surface area contributed by atoms with Gasteiger partial charge in [-0.25, -0.2) is 0 Å². The number of aryl methyl sites for hydroxylation is 2. The topological polar surface area (TPSA) is 68.3 Å². The number of rotatable bonds is 3. The molecule has 102 valence electrons. The van der Waals surface area contributed by atoms with E-state index in [0.29, 0.717) is 12.3 Å².